The number of benzene rings is 1. The molecule has 0 bridgehead atoms. The van der Waals surface area contributed by atoms with Gasteiger partial charge in [0.15, 0.2) is 0 Å². The summed E-state index contributed by atoms with van der Waals surface area (Å²) < 4.78 is 11.1. The number of ether oxygens (including phenoxy) is 2. The minimum absolute atomic E-state index is 0.144. The van der Waals surface area contributed by atoms with Crippen molar-refractivity contribution in [2.75, 3.05) is 49.7 Å². The zero-order chi connectivity index (χ0) is 17.8. The lowest BCUT2D eigenvalue weighted by Crippen LogP contribution is -2.36. The second kappa shape index (κ2) is 7.72. The summed E-state index contributed by atoms with van der Waals surface area (Å²) in [5.41, 5.74) is 1.88. The van der Waals surface area contributed by atoms with Gasteiger partial charge in [-0.15, -0.1) is 0 Å². The van der Waals surface area contributed by atoms with E-state index < -0.39 is 6.04 Å². The van der Waals surface area contributed by atoms with E-state index in [0.29, 0.717) is 19.0 Å². The molecule has 0 spiro atoms. The number of morpholine rings is 1. The van der Waals surface area contributed by atoms with Crippen LogP contribution in [-0.4, -0.2) is 50.3 Å². The zero-order valence-electron chi connectivity index (χ0n) is 14.5. The van der Waals surface area contributed by atoms with Crippen LogP contribution in [0.5, 0.6) is 5.75 Å². The third-order valence-electron chi connectivity index (χ3n) is 4.58. The Morgan fingerprint density at radius 2 is 2.00 bits per heavy atom. The lowest BCUT2D eigenvalue weighted by molar-refractivity contribution is -0.118. The fourth-order valence-electron chi connectivity index (χ4n) is 3.23. The topological polar surface area (TPSA) is 75.7 Å². The standard InChI is InChI=1S/C19H22N4O3/c24-19(18-15-3-1-2-4-16(15)26-10-7-20-18)22-17-6-5-14(13-21-17)23-8-11-25-12-9-23/h1-6,13,18,20H,7-12H2,(H,21,22,24). The number of pyridine rings is 1. The summed E-state index contributed by atoms with van der Waals surface area (Å²) in [6, 6.07) is 11.0. The Balaban J connectivity index is 1.46. The molecule has 0 radical (unpaired) electrons. The van der Waals surface area contributed by atoms with E-state index in [1.165, 1.54) is 0 Å². The zero-order valence-corrected chi connectivity index (χ0v) is 14.5. The van der Waals surface area contributed by atoms with E-state index in [4.69, 9.17) is 9.47 Å². The van der Waals surface area contributed by atoms with Crippen molar-refractivity contribution in [3.63, 3.8) is 0 Å². The second-order valence-corrected chi connectivity index (χ2v) is 6.26. The molecule has 2 aliphatic heterocycles. The normalized spacial score (nSPS) is 19.8. The maximum Gasteiger partial charge on any atom is 0.247 e. The first-order chi connectivity index (χ1) is 12.8. The van der Waals surface area contributed by atoms with E-state index in [0.717, 1.165) is 43.3 Å². The van der Waals surface area contributed by atoms with Crippen molar-refractivity contribution >= 4 is 17.4 Å². The first kappa shape index (κ1) is 16.8. The number of nitrogens with zero attached hydrogens (tertiary/aromatic N) is 2. The minimum atomic E-state index is -0.464. The molecule has 1 aromatic heterocycles. The Kier molecular flexibility index (Phi) is 4.99. The molecule has 2 aromatic rings. The van der Waals surface area contributed by atoms with Gasteiger partial charge in [-0.25, -0.2) is 4.98 Å². The summed E-state index contributed by atoms with van der Waals surface area (Å²) in [6.45, 7) is 4.32. The number of amides is 1. The molecule has 2 N–H and O–H groups in total. The van der Waals surface area contributed by atoms with Crippen molar-refractivity contribution in [2.24, 2.45) is 0 Å². The SMILES string of the molecule is O=C(Nc1ccc(N2CCOCC2)cn1)C1NCCOc2ccccc21. The Morgan fingerprint density at radius 3 is 2.81 bits per heavy atom. The molecule has 2 aliphatic rings. The number of carbonyl (C=O) groups excluding carboxylic acids is 1. The number of para-hydroxylation sites is 1. The molecule has 3 heterocycles. The van der Waals surface area contributed by atoms with Gasteiger partial charge in [-0.05, 0) is 18.2 Å². The first-order valence-electron chi connectivity index (χ1n) is 8.86. The van der Waals surface area contributed by atoms with Crippen LogP contribution in [0.25, 0.3) is 0 Å². The molecule has 136 valence electrons. The van der Waals surface area contributed by atoms with Crippen molar-refractivity contribution < 1.29 is 14.3 Å². The molecule has 4 rings (SSSR count). The smallest absolute Gasteiger partial charge is 0.247 e. The van der Waals surface area contributed by atoms with Crippen molar-refractivity contribution in [3.05, 3.63) is 48.2 Å². The van der Waals surface area contributed by atoms with Crippen LogP contribution in [0.1, 0.15) is 11.6 Å². The number of hydrogen-bond acceptors (Lipinski definition) is 6. The predicted octanol–water partition coefficient (Wildman–Crippen LogP) is 1.58. The molecule has 1 fully saturated rings. The van der Waals surface area contributed by atoms with Crippen LogP contribution < -0.4 is 20.3 Å². The molecule has 1 atom stereocenters. The molecule has 1 saturated heterocycles. The van der Waals surface area contributed by atoms with Crippen LogP contribution in [0.2, 0.25) is 0 Å². The average molecular weight is 354 g/mol. The van der Waals surface area contributed by atoms with Crippen molar-refractivity contribution in [1.82, 2.24) is 10.3 Å². The van der Waals surface area contributed by atoms with Crippen LogP contribution in [0.15, 0.2) is 42.6 Å². The number of aromatic nitrogens is 1. The Labute approximate surface area is 152 Å². The highest BCUT2D eigenvalue weighted by atomic mass is 16.5. The van der Waals surface area contributed by atoms with E-state index >= 15 is 0 Å². The predicted molar refractivity (Wildman–Crippen MR) is 98.6 cm³/mol. The molecule has 1 amide bonds. The largest absolute Gasteiger partial charge is 0.492 e. The Morgan fingerprint density at radius 1 is 1.15 bits per heavy atom. The third-order valence-corrected chi connectivity index (χ3v) is 4.58. The molecule has 26 heavy (non-hydrogen) atoms. The number of nitrogens with one attached hydrogen (secondary N) is 2. The van der Waals surface area contributed by atoms with E-state index in [1.54, 1.807) is 6.20 Å². The highest BCUT2D eigenvalue weighted by Gasteiger charge is 2.26. The molecule has 0 saturated carbocycles. The quantitative estimate of drug-likeness (QED) is 0.872. The lowest BCUT2D eigenvalue weighted by atomic mass is 10.1. The molecule has 7 nitrogen and oxygen atoms in total. The monoisotopic (exact) mass is 354 g/mol. The van der Waals surface area contributed by atoms with E-state index in [1.807, 2.05) is 36.4 Å². The van der Waals surface area contributed by atoms with Gasteiger partial charge < -0.3 is 19.7 Å². The van der Waals surface area contributed by atoms with Gasteiger partial charge >= 0.3 is 0 Å². The van der Waals surface area contributed by atoms with Gasteiger partial charge in [-0.3, -0.25) is 10.1 Å². The van der Waals surface area contributed by atoms with E-state index in [2.05, 4.69) is 20.5 Å². The Hall–Kier alpha value is -2.64. The van der Waals surface area contributed by atoms with Crippen molar-refractivity contribution in [1.29, 1.82) is 0 Å². The summed E-state index contributed by atoms with van der Waals surface area (Å²) in [6.07, 6.45) is 1.79. The highest BCUT2D eigenvalue weighted by Crippen LogP contribution is 2.28. The van der Waals surface area contributed by atoms with Gasteiger partial charge in [-0.2, -0.15) is 0 Å². The summed E-state index contributed by atoms with van der Waals surface area (Å²) in [5, 5.41) is 6.13. The van der Waals surface area contributed by atoms with Crippen molar-refractivity contribution in [3.8, 4) is 5.75 Å². The summed E-state index contributed by atoms with van der Waals surface area (Å²) in [7, 11) is 0. The lowest BCUT2D eigenvalue weighted by Gasteiger charge is -2.28. The van der Waals surface area contributed by atoms with Gasteiger partial charge in [0.25, 0.3) is 0 Å². The van der Waals surface area contributed by atoms with Gasteiger partial charge in [0.1, 0.15) is 24.2 Å². The van der Waals surface area contributed by atoms with E-state index in [-0.39, 0.29) is 5.91 Å². The van der Waals surface area contributed by atoms with Crippen LogP contribution in [0, 0.1) is 0 Å². The fourth-order valence-corrected chi connectivity index (χ4v) is 3.23. The van der Waals surface area contributed by atoms with Gasteiger partial charge in [-0.1, -0.05) is 18.2 Å². The molecule has 1 unspecified atom stereocenters. The van der Waals surface area contributed by atoms with Crippen LogP contribution in [-0.2, 0) is 9.53 Å². The van der Waals surface area contributed by atoms with Gasteiger partial charge in [0.2, 0.25) is 5.91 Å². The highest BCUT2D eigenvalue weighted by molar-refractivity contribution is 5.95. The molecular formula is C19H22N4O3. The van der Waals surface area contributed by atoms with Gasteiger partial charge in [0, 0.05) is 25.2 Å². The number of hydrogen-bond donors (Lipinski definition) is 2. The van der Waals surface area contributed by atoms with Crippen molar-refractivity contribution in [2.45, 2.75) is 6.04 Å². The molecular weight excluding hydrogens is 332 g/mol. The number of fused-ring (bicyclic) bond motifs is 1. The molecule has 1 aromatic carbocycles. The number of carbonyl (C=O) groups is 1. The molecule has 7 heteroatoms. The number of anilines is 2. The van der Waals surface area contributed by atoms with Crippen LogP contribution >= 0.6 is 0 Å². The third kappa shape index (κ3) is 3.63. The average Bonchev–Trinajstić information content (AvgIpc) is 2.92. The first-order valence-corrected chi connectivity index (χ1v) is 8.86. The summed E-state index contributed by atoms with van der Waals surface area (Å²) in [4.78, 5) is 19.4. The molecule has 0 aliphatic carbocycles. The minimum Gasteiger partial charge on any atom is -0.492 e. The Bertz CT molecular complexity index is 760. The maximum atomic E-state index is 12.8. The van der Waals surface area contributed by atoms with E-state index in [9.17, 15) is 4.79 Å². The van der Waals surface area contributed by atoms with Gasteiger partial charge in [0.05, 0.1) is 25.1 Å². The number of rotatable bonds is 3. The van der Waals surface area contributed by atoms with Crippen LogP contribution in [0.3, 0.4) is 0 Å². The fraction of sp³-hybridized carbons (Fsp3) is 0.368. The van der Waals surface area contributed by atoms with Crippen LogP contribution in [0.4, 0.5) is 11.5 Å². The second-order valence-electron chi connectivity index (χ2n) is 6.26. The maximum absolute atomic E-state index is 12.8. The summed E-state index contributed by atoms with van der Waals surface area (Å²) >= 11 is 0. The summed E-state index contributed by atoms with van der Waals surface area (Å²) in [5.74, 6) is 1.14.